The van der Waals surface area contributed by atoms with Gasteiger partial charge >= 0.3 is 0 Å². The summed E-state index contributed by atoms with van der Waals surface area (Å²) in [6.45, 7) is 6.76. The molecule has 0 saturated carbocycles. The van der Waals surface area contributed by atoms with Gasteiger partial charge in [-0.15, -0.1) is 0 Å². The van der Waals surface area contributed by atoms with E-state index < -0.39 is 0 Å². The fourth-order valence-corrected chi connectivity index (χ4v) is 2.77. The zero-order valence-electron chi connectivity index (χ0n) is 14.2. The standard InChI is InChI=1S/C20H28N2/c1-4-6-7-9-17-14-21-20(22-15-17)19-12-10-18(11-13-19)16(3)8-5-2/h10-16H,4-9H2,1-3H3. The zero-order chi connectivity index (χ0) is 15.8. The highest BCUT2D eigenvalue weighted by Gasteiger charge is 2.06. The quantitative estimate of drug-likeness (QED) is 0.577. The number of rotatable bonds is 8. The lowest BCUT2D eigenvalue weighted by molar-refractivity contribution is 0.665. The average molecular weight is 296 g/mol. The summed E-state index contributed by atoms with van der Waals surface area (Å²) in [4.78, 5) is 9.05. The number of unbranched alkanes of at least 4 members (excludes halogenated alkanes) is 2. The molecular formula is C20H28N2. The van der Waals surface area contributed by atoms with Crippen LogP contribution in [0.2, 0.25) is 0 Å². The maximum Gasteiger partial charge on any atom is 0.159 e. The first-order valence-corrected chi connectivity index (χ1v) is 8.65. The Bertz CT molecular complexity index is 543. The molecule has 1 unspecified atom stereocenters. The molecule has 118 valence electrons. The summed E-state index contributed by atoms with van der Waals surface area (Å²) < 4.78 is 0. The fourth-order valence-electron chi connectivity index (χ4n) is 2.77. The molecule has 2 heteroatoms. The third kappa shape index (κ3) is 4.66. The third-order valence-electron chi connectivity index (χ3n) is 4.23. The lowest BCUT2D eigenvalue weighted by Crippen LogP contribution is -1.95. The number of nitrogens with zero attached hydrogens (tertiary/aromatic N) is 2. The summed E-state index contributed by atoms with van der Waals surface area (Å²) >= 11 is 0. The van der Waals surface area contributed by atoms with E-state index >= 15 is 0 Å². The van der Waals surface area contributed by atoms with Crippen molar-refractivity contribution in [3.8, 4) is 11.4 Å². The number of aryl methyl sites for hydroxylation is 1. The number of hydrogen-bond acceptors (Lipinski definition) is 2. The first-order valence-electron chi connectivity index (χ1n) is 8.65. The SMILES string of the molecule is CCCCCc1cnc(-c2ccc(C(C)CCC)cc2)nc1. The molecule has 2 nitrogen and oxygen atoms in total. The van der Waals surface area contributed by atoms with Gasteiger partial charge in [-0.05, 0) is 36.3 Å². The number of hydrogen-bond donors (Lipinski definition) is 0. The van der Waals surface area contributed by atoms with Gasteiger partial charge < -0.3 is 0 Å². The summed E-state index contributed by atoms with van der Waals surface area (Å²) in [6.07, 6.45) is 11.3. The zero-order valence-corrected chi connectivity index (χ0v) is 14.2. The molecule has 2 rings (SSSR count). The van der Waals surface area contributed by atoms with Crippen molar-refractivity contribution < 1.29 is 0 Å². The Morgan fingerprint density at radius 2 is 1.59 bits per heavy atom. The van der Waals surface area contributed by atoms with Crippen LogP contribution in [0.5, 0.6) is 0 Å². The molecule has 0 fully saturated rings. The largest absolute Gasteiger partial charge is 0.236 e. The second-order valence-electron chi connectivity index (χ2n) is 6.18. The van der Waals surface area contributed by atoms with E-state index in [9.17, 15) is 0 Å². The summed E-state index contributed by atoms with van der Waals surface area (Å²) in [7, 11) is 0. The molecule has 0 aliphatic carbocycles. The van der Waals surface area contributed by atoms with Gasteiger partial charge in [0.1, 0.15) is 0 Å². The van der Waals surface area contributed by atoms with Gasteiger partial charge in [0.15, 0.2) is 5.82 Å². The van der Waals surface area contributed by atoms with Gasteiger partial charge in [0.2, 0.25) is 0 Å². The van der Waals surface area contributed by atoms with Gasteiger partial charge in [-0.2, -0.15) is 0 Å². The van der Waals surface area contributed by atoms with Crippen molar-refractivity contribution in [1.29, 1.82) is 0 Å². The van der Waals surface area contributed by atoms with Crippen LogP contribution >= 0.6 is 0 Å². The van der Waals surface area contributed by atoms with Gasteiger partial charge in [-0.1, -0.05) is 64.3 Å². The Kier molecular flexibility index (Phi) is 6.57. The van der Waals surface area contributed by atoms with Crippen molar-refractivity contribution >= 4 is 0 Å². The van der Waals surface area contributed by atoms with E-state index in [0.29, 0.717) is 5.92 Å². The second-order valence-corrected chi connectivity index (χ2v) is 6.18. The molecule has 0 N–H and O–H groups in total. The smallest absolute Gasteiger partial charge is 0.159 e. The topological polar surface area (TPSA) is 25.8 Å². The van der Waals surface area contributed by atoms with E-state index in [4.69, 9.17) is 0 Å². The molecule has 0 saturated heterocycles. The van der Waals surface area contributed by atoms with Crippen LogP contribution in [0.1, 0.15) is 69.9 Å². The molecule has 2 aromatic rings. The molecule has 0 aliphatic heterocycles. The molecule has 1 aromatic heterocycles. The monoisotopic (exact) mass is 296 g/mol. The van der Waals surface area contributed by atoms with Crippen LogP contribution in [0.3, 0.4) is 0 Å². The van der Waals surface area contributed by atoms with Gasteiger partial charge in [-0.3, -0.25) is 0 Å². The minimum absolute atomic E-state index is 0.626. The lowest BCUT2D eigenvalue weighted by Gasteiger charge is -2.11. The van der Waals surface area contributed by atoms with Crippen molar-refractivity contribution in [3.05, 3.63) is 47.8 Å². The first-order chi connectivity index (χ1) is 10.7. The number of aromatic nitrogens is 2. The Balaban J connectivity index is 2.02. The lowest BCUT2D eigenvalue weighted by atomic mass is 9.95. The van der Waals surface area contributed by atoms with Crippen LogP contribution in [-0.4, -0.2) is 9.97 Å². The Hall–Kier alpha value is -1.70. The summed E-state index contributed by atoms with van der Waals surface area (Å²) in [6, 6.07) is 8.73. The molecule has 0 spiro atoms. The highest BCUT2D eigenvalue weighted by molar-refractivity contribution is 5.55. The predicted octanol–water partition coefficient (Wildman–Crippen LogP) is 5.78. The van der Waals surface area contributed by atoms with Gasteiger partial charge in [-0.25, -0.2) is 9.97 Å². The van der Waals surface area contributed by atoms with Crippen molar-refractivity contribution in [2.24, 2.45) is 0 Å². The van der Waals surface area contributed by atoms with Crippen LogP contribution in [0, 0.1) is 0 Å². The Labute approximate surface area is 135 Å². The molecular weight excluding hydrogens is 268 g/mol. The van der Waals surface area contributed by atoms with E-state index in [1.807, 2.05) is 12.4 Å². The summed E-state index contributed by atoms with van der Waals surface area (Å²) in [5.41, 5.74) is 3.75. The molecule has 0 bridgehead atoms. The molecule has 22 heavy (non-hydrogen) atoms. The summed E-state index contributed by atoms with van der Waals surface area (Å²) in [5.74, 6) is 1.45. The predicted molar refractivity (Wildman–Crippen MR) is 94.0 cm³/mol. The van der Waals surface area contributed by atoms with Crippen molar-refractivity contribution in [3.63, 3.8) is 0 Å². The van der Waals surface area contributed by atoms with Gasteiger partial charge in [0, 0.05) is 18.0 Å². The highest BCUT2D eigenvalue weighted by Crippen LogP contribution is 2.23. The number of benzene rings is 1. The van der Waals surface area contributed by atoms with Crippen LogP contribution in [0.4, 0.5) is 0 Å². The van der Waals surface area contributed by atoms with E-state index in [0.717, 1.165) is 17.8 Å². The van der Waals surface area contributed by atoms with E-state index in [-0.39, 0.29) is 0 Å². The fraction of sp³-hybridized carbons (Fsp3) is 0.500. The van der Waals surface area contributed by atoms with Crippen molar-refractivity contribution in [1.82, 2.24) is 9.97 Å². The molecule has 1 heterocycles. The third-order valence-corrected chi connectivity index (χ3v) is 4.23. The average Bonchev–Trinajstić information content (AvgIpc) is 2.56. The van der Waals surface area contributed by atoms with E-state index in [1.54, 1.807) is 0 Å². The Morgan fingerprint density at radius 3 is 2.18 bits per heavy atom. The van der Waals surface area contributed by atoms with Gasteiger partial charge in [0.05, 0.1) is 0 Å². The van der Waals surface area contributed by atoms with E-state index in [1.165, 1.54) is 43.2 Å². The van der Waals surface area contributed by atoms with Gasteiger partial charge in [0.25, 0.3) is 0 Å². The maximum atomic E-state index is 4.53. The van der Waals surface area contributed by atoms with Crippen molar-refractivity contribution in [2.45, 2.75) is 65.2 Å². The minimum atomic E-state index is 0.626. The van der Waals surface area contributed by atoms with Crippen LogP contribution in [0.25, 0.3) is 11.4 Å². The van der Waals surface area contributed by atoms with E-state index in [2.05, 4.69) is 55.0 Å². The first kappa shape index (κ1) is 16.7. The van der Waals surface area contributed by atoms with Crippen LogP contribution < -0.4 is 0 Å². The highest BCUT2D eigenvalue weighted by atomic mass is 14.9. The summed E-state index contributed by atoms with van der Waals surface area (Å²) in [5, 5.41) is 0. The Morgan fingerprint density at radius 1 is 0.909 bits per heavy atom. The van der Waals surface area contributed by atoms with Crippen molar-refractivity contribution in [2.75, 3.05) is 0 Å². The molecule has 0 aliphatic rings. The maximum absolute atomic E-state index is 4.53. The van der Waals surface area contributed by atoms with Crippen LogP contribution in [0.15, 0.2) is 36.7 Å². The second kappa shape index (κ2) is 8.67. The molecule has 1 atom stereocenters. The molecule has 0 radical (unpaired) electrons. The van der Waals surface area contributed by atoms with Crippen LogP contribution in [-0.2, 0) is 6.42 Å². The minimum Gasteiger partial charge on any atom is -0.236 e. The normalized spacial score (nSPS) is 12.3. The molecule has 0 amide bonds. The molecule has 1 aromatic carbocycles.